The zero-order valence-electron chi connectivity index (χ0n) is 10.1. The van der Waals surface area contributed by atoms with E-state index in [2.05, 4.69) is 28.9 Å². The van der Waals surface area contributed by atoms with Crippen molar-refractivity contribution < 1.29 is 5.11 Å². The number of aliphatic hydroxyl groups is 1. The number of pyridine rings is 1. The quantitative estimate of drug-likeness (QED) is 0.857. The van der Waals surface area contributed by atoms with E-state index in [0.717, 1.165) is 29.7 Å². The van der Waals surface area contributed by atoms with Crippen molar-refractivity contribution in [3.63, 3.8) is 0 Å². The Kier molecular flexibility index (Phi) is 3.94. The first-order valence-corrected chi connectivity index (χ1v) is 6.06. The first kappa shape index (κ1) is 11.9. The van der Waals surface area contributed by atoms with Gasteiger partial charge in [0.1, 0.15) is 5.82 Å². The van der Waals surface area contributed by atoms with Crippen LogP contribution >= 0.6 is 0 Å². The Labute approximate surface area is 102 Å². The van der Waals surface area contributed by atoms with Crippen molar-refractivity contribution in [1.82, 2.24) is 4.98 Å². The van der Waals surface area contributed by atoms with Gasteiger partial charge in [0.05, 0.1) is 12.1 Å². The maximum atomic E-state index is 9.07. The van der Waals surface area contributed by atoms with Gasteiger partial charge in [0.2, 0.25) is 0 Å². The summed E-state index contributed by atoms with van der Waals surface area (Å²) >= 11 is 0. The van der Waals surface area contributed by atoms with Gasteiger partial charge >= 0.3 is 0 Å². The SMILES string of the molecule is CCCN(CCO)c1ccc2ccccc2n1. The fraction of sp³-hybridized carbons (Fsp3) is 0.357. The lowest BCUT2D eigenvalue weighted by Crippen LogP contribution is -2.28. The molecule has 90 valence electrons. The lowest BCUT2D eigenvalue weighted by atomic mass is 10.2. The van der Waals surface area contributed by atoms with Crippen molar-refractivity contribution in [2.24, 2.45) is 0 Å². The molecule has 0 unspecified atom stereocenters. The van der Waals surface area contributed by atoms with Crippen LogP contribution in [0.1, 0.15) is 13.3 Å². The molecule has 17 heavy (non-hydrogen) atoms. The molecule has 2 aromatic rings. The predicted molar refractivity (Wildman–Crippen MR) is 71.3 cm³/mol. The molecule has 1 heterocycles. The summed E-state index contributed by atoms with van der Waals surface area (Å²) in [5, 5.41) is 10.2. The fourth-order valence-electron chi connectivity index (χ4n) is 1.96. The number of aliphatic hydroxyl groups excluding tert-OH is 1. The largest absolute Gasteiger partial charge is 0.395 e. The highest BCUT2D eigenvalue weighted by Crippen LogP contribution is 2.17. The highest BCUT2D eigenvalue weighted by atomic mass is 16.3. The van der Waals surface area contributed by atoms with Crippen LogP contribution in [0, 0.1) is 0 Å². The van der Waals surface area contributed by atoms with E-state index in [4.69, 9.17) is 5.11 Å². The number of para-hydroxylation sites is 1. The Bertz CT molecular complexity index is 478. The van der Waals surface area contributed by atoms with Gasteiger partial charge in [-0.25, -0.2) is 4.98 Å². The van der Waals surface area contributed by atoms with E-state index >= 15 is 0 Å². The van der Waals surface area contributed by atoms with Crippen molar-refractivity contribution in [1.29, 1.82) is 0 Å². The monoisotopic (exact) mass is 230 g/mol. The number of rotatable bonds is 5. The summed E-state index contributed by atoms with van der Waals surface area (Å²) in [5.41, 5.74) is 1.00. The summed E-state index contributed by atoms with van der Waals surface area (Å²) < 4.78 is 0. The van der Waals surface area contributed by atoms with Crippen LogP contribution in [0.3, 0.4) is 0 Å². The molecule has 0 bridgehead atoms. The Morgan fingerprint density at radius 3 is 2.71 bits per heavy atom. The summed E-state index contributed by atoms with van der Waals surface area (Å²) in [4.78, 5) is 6.75. The normalized spacial score (nSPS) is 10.7. The second-order valence-corrected chi connectivity index (χ2v) is 4.07. The van der Waals surface area contributed by atoms with Gasteiger partial charge in [-0.3, -0.25) is 0 Å². The van der Waals surface area contributed by atoms with Crippen molar-refractivity contribution in [3.05, 3.63) is 36.4 Å². The minimum Gasteiger partial charge on any atom is -0.395 e. The van der Waals surface area contributed by atoms with Crippen LogP contribution in [0.2, 0.25) is 0 Å². The van der Waals surface area contributed by atoms with Crippen molar-refractivity contribution in [2.45, 2.75) is 13.3 Å². The topological polar surface area (TPSA) is 36.4 Å². The standard InChI is InChI=1S/C14H18N2O/c1-2-9-16(10-11-17)14-8-7-12-5-3-4-6-13(12)15-14/h3-8,17H,2,9-11H2,1H3. The summed E-state index contributed by atoms with van der Waals surface area (Å²) in [6.45, 7) is 3.85. The molecule has 2 rings (SSSR count). The fourth-order valence-corrected chi connectivity index (χ4v) is 1.96. The average molecular weight is 230 g/mol. The van der Waals surface area contributed by atoms with Gasteiger partial charge < -0.3 is 10.0 Å². The van der Waals surface area contributed by atoms with Gasteiger partial charge in [0.15, 0.2) is 0 Å². The van der Waals surface area contributed by atoms with Gasteiger partial charge in [0.25, 0.3) is 0 Å². The summed E-state index contributed by atoms with van der Waals surface area (Å²) in [6.07, 6.45) is 1.05. The molecule has 3 nitrogen and oxygen atoms in total. The third-order valence-corrected chi connectivity index (χ3v) is 2.77. The third-order valence-electron chi connectivity index (χ3n) is 2.77. The molecule has 0 fully saturated rings. The first-order valence-electron chi connectivity index (χ1n) is 6.06. The molecule has 0 aliphatic heterocycles. The number of hydrogen-bond acceptors (Lipinski definition) is 3. The van der Waals surface area contributed by atoms with E-state index in [1.54, 1.807) is 0 Å². The van der Waals surface area contributed by atoms with Crippen LogP contribution in [0.15, 0.2) is 36.4 Å². The maximum Gasteiger partial charge on any atom is 0.129 e. The van der Waals surface area contributed by atoms with E-state index in [0.29, 0.717) is 6.54 Å². The first-order chi connectivity index (χ1) is 8.35. The molecule has 0 amide bonds. The summed E-state index contributed by atoms with van der Waals surface area (Å²) in [5.74, 6) is 0.944. The van der Waals surface area contributed by atoms with Crippen LogP contribution in [-0.2, 0) is 0 Å². The van der Waals surface area contributed by atoms with Crippen molar-refractivity contribution >= 4 is 16.7 Å². The number of aromatic nitrogens is 1. The Balaban J connectivity index is 2.32. The second kappa shape index (κ2) is 5.64. The molecule has 0 radical (unpaired) electrons. The molecule has 1 aromatic heterocycles. The van der Waals surface area contributed by atoms with Crippen LogP contribution in [0.5, 0.6) is 0 Å². The summed E-state index contributed by atoms with van der Waals surface area (Å²) in [6, 6.07) is 12.2. The zero-order chi connectivity index (χ0) is 12.1. The molecular weight excluding hydrogens is 212 g/mol. The van der Waals surface area contributed by atoms with E-state index < -0.39 is 0 Å². The van der Waals surface area contributed by atoms with Gasteiger partial charge in [0, 0.05) is 18.5 Å². The molecule has 1 aromatic carbocycles. The number of hydrogen-bond donors (Lipinski definition) is 1. The molecule has 1 N–H and O–H groups in total. The predicted octanol–water partition coefficient (Wildman–Crippen LogP) is 2.44. The molecule has 0 spiro atoms. The Morgan fingerprint density at radius 1 is 1.12 bits per heavy atom. The number of benzene rings is 1. The molecular formula is C14H18N2O. The van der Waals surface area contributed by atoms with E-state index in [1.165, 1.54) is 0 Å². The highest BCUT2D eigenvalue weighted by Gasteiger charge is 2.06. The summed E-state index contributed by atoms with van der Waals surface area (Å²) in [7, 11) is 0. The molecule has 0 saturated heterocycles. The number of nitrogens with zero attached hydrogens (tertiary/aromatic N) is 2. The molecule has 3 heteroatoms. The van der Waals surface area contributed by atoms with Crippen LogP contribution in [0.4, 0.5) is 5.82 Å². The van der Waals surface area contributed by atoms with Gasteiger partial charge in [-0.15, -0.1) is 0 Å². The third kappa shape index (κ3) is 2.74. The van der Waals surface area contributed by atoms with E-state index in [-0.39, 0.29) is 6.61 Å². The van der Waals surface area contributed by atoms with E-state index in [1.807, 2.05) is 24.3 Å². The average Bonchev–Trinajstić information content (AvgIpc) is 2.38. The second-order valence-electron chi connectivity index (χ2n) is 4.07. The van der Waals surface area contributed by atoms with E-state index in [9.17, 15) is 0 Å². The molecule has 0 aliphatic carbocycles. The Morgan fingerprint density at radius 2 is 1.94 bits per heavy atom. The smallest absolute Gasteiger partial charge is 0.129 e. The van der Waals surface area contributed by atoms with Crippen LogP contribution in [0.25, 0.3) is 10.9 Å². The minimum absolute atomic E-state index is 0.161. The lowest BCUT2D eigenvalue weighted by molar-refractivity contribution is 0.301. The maximum absolute atomic E-state index is 9.07. The molecule has 0 atom stereocenters. The zero-order valence-corrected chi connectivity index (χ0v) is 10.1. The minimum atomic E-state index is 0.161. The van der Waals surface area contributed by atoms with Gasteiger partial charge in [-0.2, -0.15) is 0 Å². The van der Waals surface area contributed by atoms with Gasteiger partial charge in [-0.05, 0) is 24.6 Å². The Hall–Kier alpha value is -1.61. The lowest BCUT2D eigenvalue weighted by Gasteiger charge is -2.22. The highest BCUT2D eigenvalue weighted by molar-refractivity contribution is 5.80. The number of anilines is 1. The van der Waals surface area contributed by atoms with Crippen LogP contribution in [-0.4, -0.2) is 29.8 Å². The van der Waals surface area contributed by atoms with Crippen molar-refractivity contribution in [2.75, 3.05) is 24.6 Å². The molecule has 0 saturated carbocycles. The van der Waals surface area contributed by atoms with Crippen LogP contribution < -0.4 is 4.90 Å². The number of fused-ring (bicyclic) bond motifs is 1. The van der Waals surface area contributed by atoms with Gasteiger partial charge in [-0.1, -0.05) is 25.1 Å². The van der Waals surface area contributed by atoms with Crippen molar-refractivity contribution in [3.8, 4) is 0 Å². The molecule has 0 aliphatic rings.